The lowest BCUT2D eigenvalue weighted by Gasteiger charge is -2.28. The zero-order chi connectivity index (χ0) is 17.2. The first kappa shape index (κ1) is 17.2. The smallest absolute Gasteiger partial charge is 0.220 e. The standard InChI is InChI=1S/C20H27NO3/c1-20(13-22,17-8-9-17)21-19(24)11-10-18(23)16-7-6-14-4-2-3-5-15(14)12-16/h6-7,12,17,22H,2-5,8-11,13H2,1H3,(H,21,24). The van der Waals surface area contributed by atoms with Crippen molar-refractivity contribution in [2.24, 2.45) is 5.92 Å². The van der Waals surface area contributed by atoms with Gasteiger partial charge in [0.2, 0.25) is 5.91 Å². The Labute approximate surface area is 143 Å². The van der Waals surface area contributed by atoms with E-state index in [4.69, 9.17) is 0 Å². The number of amides is 1. The number of Topliss-reactive ketones (excluding diaryl/α,β-unsaturated/α-hetero) is 1. The lowest BCUT2D eigenvalue weighted by Crippen LogP contribution is -2.50. The minimum atomic E-state index is -0.536. The quantitative estimate of drug-likeness (QED) is 0.756. The van der Waals surface area contributed by atoms with Gasteiger partial charge in [-0.2, -0.15) is 0 Å². The van der Waals surface area contributed by atoms with Gasteiger partial charge in [-0.25, -0.2) is 0 Å². The average Bonchev–Trinajstić information content (AvgIpc) is 3.44. The first-order valence-electron chi connectivity index (χ1n) is 9.09. The van der Waals surface area contributed by atoms with Crippen LogP contribution >= 0.6 is 0 Å². The highest BCUT2D eigenvalue weighted by Crippen LogP contribution is 2.39. The summed E-state index contributed by atoms with van der Waals surface area (Å²) in [5, 5.41) is 12.5. The van der Waals surface area contributed by atoms with Gasteiger partial charge in [0, 0.05) is 18.4 Å². The van der Waals surface area contributed by atoms with E-state index >= 15 is 0 Å². The molecule has 1 aromatic carbocycles. The number of carbonyl (C=O) groups excluding carboxylic acids is 2. The van der Waals surface area contributed by atoms with Crippen LogP contribution in [0, 0.1) is 5.92 Å². The molecule has 2 aliphatic rings. The van der Waals surface area contributed by atoms with Gasteiger partial charge < -0.3 is 10.4 Å². The number of rotatable bonds is 7. The molecule has 0 aliphatic heterocycles. The van der Waals surface area contributed by atoms with Crippen LogP contribution in [0.5, 0.6) is 0 Å². The number of hydrogen-bond acceptors (Lipinski definition) is 3. The summed E-state index contributed by atoms with van der Waals surface area (Å²) in [5.41, 5.74) is 2.83. The normalized spacial score (nSPS) is 19.2. The van der Waals surface area contributed by atoms with Crippen LogP contribution in [0.2, 0.25) is 0 Å². The first-order chi connectivity index (χ1) is 11.5. The molecule has 1 atom stereocenters. The summed E-state index contributed by atoms with van der Waals surface area (Å²) >= 11 is 0. The number of aliphatic hydroxyl groups excluding tert-OH is 1. The van der Waals surface area contributed by atoms with Gasteiger partial charge in [-0.3, -0.25) is 9.59 Å². The van der Waals surface area contributed by atoms with Gasteiger partial charge >= 0.3 is 0 Å². The molecule has 0 heterocycles. The predicted molar refractivity (Wildman–Crippen MR) is 93.0 cm³/mol. The Morgan fingerprint density at radius 1 is 1.17 bits per heavy atom. The Hall–Kier alpha value is -1.68. The molecule has 1 saturated carbocycles. The number of hydrogen-bond donors (Lipinski definition) is 2. The second kappa shape index (κ2) is 7.06. The van der Waals surface area contributed by atoms with Crippen molar-refractivity contribution in [2.75, 3.05) is 6.61 Å². The summed E-state index contributed by atoms with van der Waals surface area (Å²) in [5.74, 6) is 0.239. The van der Waals surface area contributed by atoms with Gasteiger partial charge in [0.15, 0.2) is 5.78 Å². The predicted octanol–water partition coefficient (Wildman–Crippen LogP) is 2.81. The number of fused-ring (bicyclic) bond motifs is 1. The first-order valence-corrected chi connectivity index (χ1v) is 9.09. The summed E-state index contributed by atoms with van der Waals surface area (Å²) in [6.45, 7) is 1.83. The number of aliphatic hydroxyl groups is 1. The number of ketones is 1. The third kappa shape index (κ3) is 3.86. The molecule has 0 saturated heterocycles. The highest BCUT2D eigenvalue weighted by Gasteiger charge is 2.42. The Morgan fingerprint density at radius 3 is 2.54 bits per heavy atom. The molecule has 1 aromatic rings. The molecule has 130 valence electrons. The van der Waals surface area contributed by atoms with Crippen LogP contribution in [0.25, 0.3) is 0 Å². The second-order valence-electron chi connectivity index (χ2n) is 7.51. The van der Waals surface area contributed by atoms with E-state index in [9.17, 15) is 14.7 Å². The fourth-order valence-electron chi connectivity index (χ4n) is 3.65. The molecule has 0 radical (unpaired) electrons. The van der Waals surface area contributed by atoms with Crippen LogP contribution in [0.4, 0.5) is 0 Å². The van der Waals surface area contributed by atoms with Crippen molar-refractivity contribution in [1.29, 1.82) is 0 Å². The molecular weight excluding hydrogens is 302 g/mol. The van der Waals surface area contributed by atoms with Crippen molar-refractivity contribution in [2.45, 2.75) is 63.8 Å². The number of carbonyl (C=O) groups is 2. The summed E-state index contributed by atoms with van der Waals surface area (Å²) in [7, 11) is 0. The van der Waals surface area contributed by atoms with E-state index in [2.05, 4.69) is 11.4 Å². The third-order valence-corrected chi connectivity index (χ3v) is 5.48. The monoisotopic (exact) mass is 329 g/mol. The minimum Gasteiger partial charge on any atom is -0.394 e. The number of benzene rings is 1. The molecule has 4 nitrogen and oxygen atoms in total. The SMILES string of the molecule is CC(CO)(NC(=O)CCC(=O)c1ccc2c(c1)CCCC2)C1CC1. The largest absolute Gasteiger partial charge is 0.394 e. The molecular formula is C20H27NO3. The molecule has 2 N–H and O–H groups in total. The van der Waals surface area contributed by atoms with Crippen LogP contribution < -0.4 is 5.32 Å². The molecule has 24 heavy (non-hydrogen) atoms. The highest BCUT2D eigenvalue weighted by atomic mass is 16.3. The van der Waals surface area contributed by atoms with Crippen molar-refractivity contribution < 1.29 is 14.7 Å². The van der Waals surface area contributed by atoms with Crippen molar-refractivity contribution in [3.63, 3.8) is 0 Å². The van der Waals surface area contributed by atoms with Crippen LogP contribution in [0.15, 0.2) is 18.2 Å². The molecule has 1 fully saturated rings. The maximum Gasteiger partial charge on any atom is 0.220 e. The van der Waals surface area contributed by atoms with Crippen molar-refractivity contribution >= 4 is 11.7 Å². The molecule has 0 bridgehead atoms. The molecule has 1 unspecified atom stereocenters. The Morgan fingerprint density at radius 2 is 1.88 bits per heavy atom. The Kier molecular flexibility index (Phi) is 5.04. The van der Waals surface area contributed by atoms with E-state index in [1.807, 2.05) is 19.1 Å². The van der Waals surface area contributed by atoms with Crippen LogP contribution in [0.3, 0.4) is 0 Å². The van der Waals surface area contributed by atoms with E-state index in [0.717, 1.165) is 31.2 Å². The van der Waals surface area contributed by atoms with Crippen molar-refractivity contribution in [1.82, 2.24) is 5.32 Å². The number of aryl methyl sites for hydroxylation is 2. The van der Waals surface area contributed by atoms with Gasteiger partial charge in [-0.1, -0.05) is 12.1 Å². The van der Waals surface area contributed by atoms with Crippen LogP contribution in [-0.2, 0) is 17.6 Å². The molecule has 0 aromatic heterocycles. The summed E-state index contributed by atoms with van der Waals surface area (Å²) in [6.07, 6.45) is 7.06. The van der Waals surface area contributed by atoms with Crippen LogP contribution in [-0.4, -0.2) is 28.9 Å². The average molecular weight is 329 g/mol. The van der Waals surface area contributed by atoms with Gasteiger partial charge in [0.05, 0.1) is 12.1 Å². The lowest BCUT2D eigenvalue weighted by molar-refractivity contribution is -0.123. The van der Waals surface area contributed by atoms with Gasteiger partial charge in [-0.05, 0) is 68.6 Å². The lowest BCUT2D eigenvalue weighted by atomic mass is 9.89. The fraction of sp³-hybridized carbons (Fsp3) is 0.600. The molecule has 4 heteroatoms. The van der Waals surface area contributed by atoms with E-state index in [0.29, 0.717) is 5.92 Å². The maximum absolute atomic E-state index is 12.4. The molecule has 3 rings (SSSR count). The Balaban J connectivity index is 1.54. The zero-order valence-corrected chi connectivity index (χ0v) is 14.4. The second-order valence-corrected chi connectivity index (χ2v) is 7.51. The van der Waals surface area contributed by atoms with Gasteiger partial charge in [0.25, 0.3) is 0 Å². The molecule has 0 spiro atoms. The summed E-state index contributed by atoms with van der Waals surface area (Å²) in [4.78, 5) is 24.5. The molecule has 2 aliphatic carbocycles. The van der Waals surface area contributed by atoms with E-state index in [1.54, 1.807) is 0 Å². The zero-order valence-electron chi connectivity index (χ0n) is 14.4. The fourth-order valence-corrected chi connectivity index (χ4v) is 3.65. The van der Waals surface area contributed by atoms with Crippen molar-refractivity contribution in [3.8, 4) is 0 Å². The highest BCUT2D eigenvalue weighted by molar-refractivity contribution is 5.98. The van der Waals surface area contributed by atoms with E-state index in [-0.39, 0.29) is 31.1 Å². The summed E-state index contributed by atoms with van der Waals surface area (Å²) in [6, 6.07) is 5.97. The van der Waals surface area contributed by atoms with Crippen molar-refractivity contribution in [3.05, 3.63) is 34.9 Å². The minimum absolute atomic E-state index is 0.0237. The van der Waals surface area contributed by atoms with E-state index in [1.165, 1.54) is 24.0 Å². The maximum atomic E-state index is 12.4. The summed E-state index contributed by atoms with van der Waals surface area (Å²) < 4.78 is 0. The Bertz CT molecular complexity index is 636. The topological polar surface area (TPSA) is 66.4 Å². The van der Waals surface area contributed by atoms with Gasteiger partial charge in [0.1, 0.15) is 0 Å². The van der Waals surface area contributed by atoms with E-state index < -0.39 is 5.54 Å². The van der Waals surface area contributed by atoms with Gasteiger partial charge in [-0.15, -0.1) is 0 Å². The molecule has 1 amide bonds. The van der Waals surface area contributed by atoms with Crippen LogP contribution in [0.1, 0.15) is 66.9 Å². The third-order valence-electron chi connectivity index (χ3n) is 5.48. The number of nitrogens with one attached hydrogen (secondary N) is 1.